The lowest BCUT2D eigenvalue weighted by Crippen LogP contribution is -2.40. The average Bonchev–Trinajstić information content (AvgIpc) is 3.37. The van der Waals surface area contributed by atoms with Crippen LogP contribution in [0.3, 0.4) is 0 Å². The summed E-state index contributed by atoms with van der Waals surface area (Å²) in [6, 6.07) is 5.90. The van der Waals surface area contributed by atoms with Crippen LogP contribution in [0.25, 0.3) is 5.69 Å². The molecule has 40 heavy (non-hydrogen) atoms. The highest BCUT2D eigenvalue weighted by Gasteiger charge is 2.60. The van der Waals surface area contributed by atoms with Crippen molar-refractivity contribution in [3.63, 3.8) is 0 Å². The molecule has 3 aromatic rings. The van der Waals surface area contributed by atoms with Gasteiger partial charge in [-0.05, 0) is 51.3 Å². The molecule has 0 bridgehead atoms. The lowest BCUT2D eigenvalue weighted by molar-refractivity contribution is 0.0709. The summed E-state index contributed by atoms with van der Waals surface area (Å²) in [6.07, 6.45) is 4.15. The number of hydrogen-bond donors (Lipinski definition) is 2. The topological polar surface area (TPSA) is 111 Å². The van der Waals surface area contributed by atoms with Crippen molar-refractivity contribution in [2.75, 3.05) is 26.1 Å². The quantitative estimate of drug-likeness (QED) is 0.344. The van der Waals surface area contributed by atoms with Gasteiger partial charge >= 0.3 is 6.03 Å². The van der Waals surface area contributed by atoms with Gasteiger partial charge in [-0.3, -0.25) is 4.79 Å². The molecule has 2 aliphatic rings. The number of ether oxygens (including phenoxy) is 2. The van der Waals surface area contributed by atoms with Crippen LogP contribution in [-0.4, -0.2) is 64.2 Å². The number of halogens is 3. The Morgan fingerprint density at radius 2 is 1.70 bits per heavy atom. The summed E-state index contributed by atoms with van der Waals surface area (Å²) in [6.45, 7) is 4.23. The minimum absolute atomic E-state index is 0.0316. The zero-order chi connectivity index (χ0) is 28.8. The van der Waals surface area contributed by atoms with E-state index in [1.165, 1.54) is 14.2 Å². The molecule has 1 aromatic heterocycles. The van der Waals surface area contributed by atoms with Crippen molar-refractivity contribution in [1.82, 2.24) is 25.2 Å². The van der Waals surface area contributed by atoms with Gasteiger partial charge < -0.3 is 25.0 Å². The Balaban J connectivity index is 1.45. The molecule has 1 saturated carbocycles. The summed E-state index contributed by atoms with van der Waals surface area (Å²) in [5, 5.41) is 15.4. The average molecular weight is 608 g/mol. The highest BCUT2D eigenvalue weighted by Crippen LogP contribution is 2.58. The van der Waals surface area contributed by atoms with Crippen LogP contribution >= 0.6 is 34.8 Å². The first-order chi connectivity index (χ1) is 19.1. The Morgan fingerprint density at radius 1 is 1.05 bits per heavy atom. The Hall–Kier alpha value is -3.21. The number of aromatic nitrogens is 3. The predicted molar refractivity (Wildman–Crippen MR) is 154 cm³/mol. The molecule has 2 N–H and O–H groups in total. The number of anilines is 1. The first kappa shape index (κ1) is 28.3. The Bertz CT molecular complexity index is 1450. The molecule has 2 fully saturated rings. The molecule has 10 nitrogen and oxygen atoms in total. The van der Waals surface area contributed by atoms with Gasteiger partial charge in [-0.25, -0.2) is 9.48 Å². The molecule has 1 aliphatic heterocycles. The first-order valence-corrected chi connectivity index (χ1v) is 13.9. The molecule has 1 unspecified atom stereocenters. The molecule has 2 heterocycles. The van der Waals surface area contributed by atoms with E-state index in [0.29, 0.717) is 56.5 Å². The number of benzene rings is 2. The highest BCUT2D eigenvalue weighted by molar-refractivity contribution is 6.40. The van der Waals surface area contributed by atoms with Gasteiger partial charge in [0.1, 0.15) is 5.69 Å². The number of methoxy groups -OCH3 is 2. The zero-order valence-corrected chi connectivity index (χ0v) is 24.7. The van der Waals surface area contributed by atoms with Gasteiger partial charge in [0.15, 0.2) is 11.5 Å². The van der Waals surface area contributed by atoms with Crippen molar-refractivity contribution in [1.29, 1.82) is 0 Å². The first-order valence-electron chi connectivity index (χ1n) is 12.8. The monoisotopic (exact) mass is 606 g/mol. The van der Waals surface area contributed by atoms with Crippen LogP contribution in [0, 0.1) is 0 Å². The van der Waals surface area contributed by atoms with E-state index < -0.39 is 11.6 Å². The number of hydrogen-bond acceptors (Lipinski definition) is 6. The van der Waals surface area contributed by atoms with E-state index in [2.05, 4.69) is 20.9 Å². The number of nitrogens with zero attached hydrogens (tertiary/aromatic N) is 4. The van der Waals surface area contributed by atoms with Crippen molar-refractivity contribution < 1.29 is 19.1 Å². The van der Waals surface area contributed by atoms with Crippen LogP contribution in [0.4, 0.5) is 10.5 Å². The Labute approximate surface area is 246 Å². The normalized spacial score (nSPS) is 17.3. The van der Waals surface area contributed by atoms with Gasteiger partial charge in [0.2, 0.25) is 0 Å². The fraction of sp³-hybridized carbons (Fsp3) is 0.407. The van der Waals surface area contributed by atoms with E-state index in [-0.39, 0.29) is 17.9 Å². The van der Waals surface area contributed by atoms with Crippen molar-refractivity contribution in [2.24, 2.45) is 0 Å². The lowest BCUT2D eigenvalue weighted by atomic mass is 9.94. The maximum Gasteiger partial charge on any atom is 0.319 e. The summed E-state index contributed by atoms with van der Waals surface area (Å²) in [4.78, 5) is 28.5. The second-order valence-electron chi connectivity index (χ2n) is 10.2. The number of amides is 3. The van der Waals surface area contributed by atoms with Crippen LogP contribution in [0.5, 0.6) is 11.5 Å². The Kier molecular flexibility index (Phi) is 7.78. The number of carbonyl (C=O) groups is 2. The summed E-state index contributed by atoms with van der Waals surface area (Å²) in [5.74, 6) is 0.546. The van der Waals surface area contributed by atoms with Crippen molar-refractivity contribution in [2.45, 2.75) is 50.6 Å². The van der Waals surface area contributed by atoms with Gasteiger partial charge in [0.05, 0.1) is 52.9 Å². The SMILES string of the molecule is COc1cc(NC(=O)NC(C)C)c(C(=O)N2CCC(c3cn(-c4c(Cl)cc(Cl)cc4Cl)nn3)C23CC3)cc1OC. The van der Waals surface area contributed by atoms with Gasteiger partial charge in [-0.2, -0.15) is 0 Å². The number of carbonyl (C=O) groups excluding carboxylic acids is 2. The third-order valence-corrected chi connectivity index (χ3v) is 8.13. The molecule has 0 radical (unpaired) electrons. The molecule has 1 spiro atoms. The predicted octanol–water partition coefficient (Wildman–Crippen LogP) is 5.94. The molecule has 3 amide bonds. The molecular weight excluding hydrogens is 579 g/mol. The molecule has 2 aromatic carbocycles. The standard InChI is InChI=1S/C27H29Cl3N6O4/c1-14(2)31-26(38)32-20-12-23(40-4)22(39-3)11-16(20)25(37)35-8-5-17(27(35)6-7-27)21-13-36(34-33-21)24-18(29)9-15(28)10-19(24)30/h9-14,17H,5-8H2,1-4H3,(H2,31,32,38). The molecule has 1 atom stereocenters. The van der Waals surface area contributed by atoms with E-state index in [9.17, 15) is 9.59 Å². The van der Waals surface area contributed by atoms with Gasteiger partial charge in [-0.15, -0.1) is 5.10 Å². The fourth-order valence-corrected chi connectivity index (χ4v) is 6.43. The van der Waals surface area contributed by atoms with E-state index in [0.717, 1.165) is 18.5 Å². The van der Waals surface area contributed by atoms with E-state index in [4.69, 9.17) is 44.3 Å². The van der Waals surface area contributed by atoms with Crippen molar-refractivity contribution in [3.05, 3.63) is 56.8 Å². The maximum absolute atomic E-state index is 14.1. The van der Waals surface area contributed by atoms with E-state index in [1.807, 2.05) is 18.7 Å². The number of rotatable bonds is 7. The van der Waals surface area contributed by atoms with E-state index in [1.54, 1.807) is 35.1 Å². The van der Waals surface area contributed by atoms with Gasteiger partial charge in [-0.1, -0.05) is 40.0 Å². The Morgan fingerprint density at radius 3 is 2.30 bits per heavy atom. The lowest BCUT2D eigenvalue weighted by Gasteiger charge is -2.28. The second-order valence-corrected chi connectivity index (χ2v) is 11.5. The van der Waals surface area contributed by atoms with Crippen LogP contribution in [0.15, 0.2) is 30.5 Å². The van der Waals surface area contributed by atoms with Crippen LogP contribution in [0.2, 0.25) is 15.1 Å². The number of likely N-dealkylation sites (tertiary alicyclic amines) is 1. The summed E-state index contributed by atoms with van der Waals surface area (Å²) >= 11 is 18.9. The third kappa shape index (κ3) is 5.15. The van der Waals surface area contributed by atoms with Gasteiger partial charge in [0.25, 0.3) is 5.91 Å². The minimum atomic E-state index is -0.423. The maximum atomic E-state index is 14.1. The van der Waals surface area contributed by atoms with Crippen LogP contribution in [0.1, 0.15) is 55.1 Å². The largest absolute Gasteiger partial charge is 0.493 e. The number of urea groups is 1. The van der Waals surface area contributed by atoms with Crippen molar-refractivity contribution in [3.8, 4) is 17.2 Å². The molecular formula is C27H29Cl3N6O4. The fourth-order valence-electron chi connectivity index (χ4n) is 5.44. The van der Waals surface area contributed by atoms with Crippen LogP contribution < -0.4 is 20.1 Å². The summed E-state index contributed by atoms with van der Waals surface area (Å²) in [5.41, 5.74) is 1.47. The van der Waals surface area contributed by atoms with Crippen LogP contribution in [-0.2, 0) is 0 Å². The van der Waals surface area contributed by atoms with Gasteiger partial charge in [0, 0.05) is 29.6 Å². The van der Waals surface area contributed by atoms with Crippen molar-refractivity contribution >= 4 is 52.4 Å². The number of nitrogens with one attached hydrogen (secondary N) is 2. The molecule has 1 aliphatic carbocycles. The molecule has 5 rings (SSSR count). The third-order valence-electron chi connectivity index (χ3n) is 7.34. The summed E-state index contributed by atoms with van der Waals surface area (Å²) < 4.78 is 12.4. The van der Waals surface area contributed by atoms with E-state index >= 15 is 0 Å². The molecule has 212 valence electrons. The minimum Gasteiger partial charge on any atom is -0.493 e. The zero-order valence-electron chi connectivity index (χ0n) is 22.4. The summed E-state index contributed by atoms with van der Waals surface area (Å²) in [7, 11) is 3.00. The second kappa shape index (κ2) is 11.0. The smallest absolute Gasteiger partial charge is 0.319 e. The molecule has 13 heteroatoms. The molecule has 1 saturated heterocycles. The highest BCUT2D eigenvalue weighted by atomic mass is 35.5.